The Morgan fingerprint density at radius 3 is 2.20 bits per heavy atom. The summed E-state index contributed by atoms with van der Waals surface area (Å²) in [7, 11) is 0. The highest BCUT2D eigenvalue weighted by molar-refractivity contribution is 5.74. The van der Waals surface area contributed by atoms with Crippen LogP contribution in [0.5, 0.6) is 0 Å². The van der Waals surface area contributed by atoms with E-state index in [4.69, 9.17) is 10.8 Å². The van der Waals surface area contributed by atoms with Gasteiger partial charge in [-0.15, -0.1) is 0 Å². The minimum absolute atomic E-state index is 0.127. The van der Waals surface area contributed by atoms with E-state index in [1.807, 2.05) is 13.8 Å². The molecule has 0 aromatic heterocycles. The second kappa shape index (κ2) is 9.17. The molecular weight excluding hydrogens is 262 g/mol. The quantitative estimate of drug-likeness (QED) is 0.444. The van der Waals surface area contributed by atoms with E-state index in [2.05, 4.69) is 10.6 Å². The number of rotatable bonds is 10. The summed E-state index contributed by atoms with van der Waals surface area (Å²) in [5, 5.41) is 14.0. The van der Waals surface area contributed by atoms with Crippen LogP contribution < -0.4 is 16.4 Å². The van der Waals surface area contributed by atoms with E-state index >= 15 is 0 Å². The van der Waals surface area contributed by atoms with E-state index in [1.54, 1.807) is 0 Å². The highest BCUT2D eigenvalue weighted by Gasteiger charge is 2.19. The van der Waals surface area contributed by atoms with Gasteiger partial charge in [-0.2, -0.15) is 0 Å². The summed E-state index contributed by atoms with van der Waals surface area (Å²) in [5.41, 5.74) is 4.85. The van der Waals surface area contributed by atoms with Crippen molar-refractivity contribution in [3.05, 3.63) is 0 Å². The number of carbonyl (C=O) groups is 3. The normalized spacial score (nSPS) is 10.9. The number of amides is 3. The van der Waals surface area contributed by atoms with Crippen molar-refractivity contribution in [3.63, 3.8) is 0 Å². The molecule has 0 atom stereocenters. The zero-order chi connectivity index (χ0) is 15.6. The van der Waals surface area contributed by atoms with Gasteiger partial charge >= 0.3 is 12.0 Å². The third-order valence-corrected chi connectivity index (χ3v) is 2.99. The number of primary amides is 1. The largest absolute Gasteiger partial charge is 0.481 e. The van der Waals surface area contributed by atoms with E-state index in [0.29, 0.717) is 32.4 Å². The Labute approximate surface area is 119 Å². The van der Waals surface area contributed by atoms with Crippen LogP contribution in [-0.2, 0) is 9.59 Å². The minimum atomic E-state index is -0.807. The number of carboxylic acid groups (broad SMARTS) is 1. The molecule has 5 N–H and O–H groups in total. The van der Waals surface area contributed by atoms with E-state index in [-0.39, 0.29) is 30.2 Å². The zero-order valence-corrected chi connectivity index (χ0v) is 12.2. The lowest BCUT2D eigenvalue weighted by Crippen LogP contribution is -2.38. The first-order valence-electron chi connectivity index (χ1n) is 6.75. The molecule has 0 spiro atoms. The Morgan fingerprint density at radius 2 is 1.65 bits per heavy atom. The number of nitrogens with one attached hydrogen (secondary N) is 2. The molecule has 116 valence electrons. The van der Waals surface area contributed by atoms with Gasteiger partial charge in [-0.05, 0) is 24.7 Å². The molecule has 7 nitrogen and oxygen atoms in total. The van der Waals surface area contributed by atoms with Crippen molar-refractivity contribution in [1.82, 2.24) is 10.6 Å². The third-order valence-electron chi connectivity index (χ3n) is 2.99. The van der Waals surface area contributed by atoms with Crippen molar-refractivity contribution in [3.8, 4) is 0 Å². The van der Waals surface area contributed by atoms with Gasteiger partial charge in [0, 0.05) is 25.9 Å². The molecule has 20 heavy (non-hydrogen) atoms. The molecule has 0 aliphatic heterocycles. The molecule has 0 heterocycles. The minimum Gasteiger partial charge on any atom is -0.481 e. The predicted molar refractivity (Wildman–Crippen MR) is 75.1 cm³/mol. The fourth-order valence-electron chi connectivity index (χ4n) is 1.61. The highest BCUT2D eigenvalue weighted by Crippen LogP contribution is 2.25. The topological polar surface area (TPSA) is 122 Å². The Bertz CT molecular complexity index is 343. The summed E-state index contributed by atoms with van der Waals surface area (Å²) in [6.45, 7) is 4.83. The first kappa shape index (κ1) is 18.2. The number of hydrogen-bond donors (Lipinski definition) is 4. The Morgan fingerprint density at radius 1 is 1.05 bits per heavy atom. The maximum absolute atomic E-state index is 11.4. The molecule has 7 heteroatoms. The van der Waals surface area contributed by atoms with Crippen LogP contribution in [0.25, 0.3) is 0 Å². The molecule has 0 bridgehead atoms. The van der Waals surface area contributed by atoms with Crippen molar-refractivity contribution in [1.29, 1.82) is 0 Å². The lowest BCUT2D eigenvalue weighted by molar-refractivity contribution is -0.137. The van der Waals surface area contributed by atoms with Crippen LogP contribution in [0.2, 0.25) is 0 Å². The number of carbonyl (C=O) groups excluding carboxylic acids is 2. The lowest BCUT2D eigenvalue weighted by atomic mass is 9.84. The second-order valence-electron chi connectivity index (χ2n) is 5.56. The van der Waals surface area contributed by atoms with Gasteiger partial charge < -0.3 is 21.5 Å². The predicted octanol–water partition coefficient (Wildman–Crippen LogP) is 0.832. The first-order valence-corrected chi connectivity index (χ1v) is 6.75. The number of carboxylic acids is 1. The molecule has 0 aliphatic rings. The average Bonchev–Trinajstić information content (AvgIpc) is 2.32. The van der Waals surface area contributed by atoms with Crippen LogP contribution in [0.15, 0.2) is 0 Å². The van der Waals surface area contributed by atoms with Crippen molar-refractivity contribution >= 4 is 17.9 Å². The summed E-state index contributed by atoms with van der Waals surface area (Å²) in [6, 6.07) is -0.288. The maximum atomic E-state index is 11.4. The van der Waals surface area contributed by atoms with Gasteiger partial charge in [0.05, 0.1) is 0 Å². The molecule has 3 amide bonds. The van der Waals surface area contributed by atoms with Gasteiger partial charge in [0.25, 0.3) is 0 Å². The van der Waals surface area contributed by atoms with Gasteiger partial charge in [0.15, 0.2) is 0 Å². The molecule has 0 radical (unpaired) electrons. The van der Waals surface area contributed by atoms with Gasteiger partial charge in [-0.25, -0.2) is 4.79 Å². The number of urea groups is 1. The Kier molecular flexibility index (Phi) is 8.35. The van der Waals surface area contributed by atoms with E-state index in [9.17, 15) is 14.4 Å². The fraction of sp³-hybridized carbons (Fsp3) is 0.769. The van der Waals surface area contributed by atoms with Crippen molar-refractivity contribution < 1.29 is 19.5 Å². The number of hydrogen-bond acceptors (Lipinski definition) is 3. The summed E-state index contributed by atoms with van der Waals surface area (Å²) in [6.07, 6.45) is 2.18. The van der Waals surface area contributed by atoms with E-state index in [1.165, 1.54) is 0 Å². The standard InChI is InChI=1S/C13H25N3O4/c1-13(2,6-5-11(18)19)7-9-16-12(20)15-8-3-4-10(14)17/h3-9H2,1-2H3,(H2,14,17)(H,18,19)(H2,15,16,20). The van der Waals surface area contributed by atoms with Crippen molar-refractivity contribution in [2.24, 2.45) is 11.1 Å². The van der Waals surface area contributed by atoms with Gasteiger partial charge in [0.2, 0.25) is 5.91 Å². The van der Waals surface area contributed by atoms with Crippen LogP contribution in [0, 0.1) is 5.41 Å². The smallest absolute Gasteiger partial charge is 0.314 e. The molecular formula is C13H25N3O4. The molecule has 0 saturated carbocycles. The maximum Gasteiger partial charge on any atom is 0.314 e. The van der Waals surface area contributed by atoms with Gasteiger partial charge in [0.1, 0.15) is 0 Å². The fourth-order valence-corrected chi connectivity index (χ4v) is 1.61. The average molecular weight is 287 g/mol. The molecule has 0 aromatic rings. The molecule has 0 aliphatic carbocycles. The summed E-state index contributed by atoms with van der Waals surface area (Å²) in [4.78, 5) is 32.4. The van der Waals surface area contributed by atoms with E-state index in [0.717, 1.165) is 0 Å². The van der Waals surface area contributed by atoms with Crippen molar-refractivity contribution in [2.45, 2.75) is 46.0 Å². The molecule has 0 unspecified atom stereocenters. The van der Waals surface area contributed by atoms with Crippen LogP contribution in [0.1, 0.15) is 46.0 Å². The monoisotopic (exact) mass is 287 g/mol. The van der Waals surface area contributed by atoms with Crippen LogP contribution in [-0.4, -0.2) is 36.1 Å². The zero-order valence-electron chi connectivity index (χ0n) is 12.2. The molecule has 0 fully saturated rings. The lowest BCUT2D eigenvalue weighted by Gasteiger charge is -2.23. The summed E-state index contributed by atoms with van der Waals surface area (Å²) >= 11 is 0. The molecule has 0 saturated heterocycles. The molecule has 0 rings (SSSR count). The van der Waals surface area contributed by atoms with Crippen LogP contribution >= 0.6 is 0 Å². The summed E-state index contributed by atoms with van der Waals surface area (Å²) < 4.78 is 0. The van der Waals surface area contributed by atoms with E-state index < -0.39 is 5.97 Å². The van der Waals surface area contributed by atoms with Crippen LogP contribution in [0.3, 0.4) is 0 Å². The first-order chi connectivity index (χ1) is 9.23. The highest BCUT2D eigenvalue weighted by atomic mass is 16.4. The third kappa shape index (κ3) is 11.3. The number of nitrogens with two attached hydrogens (primary N) is 1. The van der Waals surface area contributed by atoms with Crippen LogP contribution in [0.4, 0.5) is 4.79 Å². The molecule has 0 aromatic carbocycles. The Balaban J connectivity index is 3.68. The van der Waals surface area contributed by atoms with Gasteiger partial charge in [-0.1, -0.05) is 13.8 Å². The van der Waals surface area contributed by atoms with Gasteiger partial charge in [-0.3, -0.25) is 9.59 Å². The second-order valence-corrected chi connectivity index (χ2v) is 5.56. The summed E-state index contributed by atoms with van der Waals surface area (Å²) in [5.74, 6) is -1.19. The SMILES string of the molecule is CC(C)(CCNC(=O)NCCCC(N)=O)CCC(=O)O. The Hall–Kier alpha value is -1.79. The van der Waals surface area contributed by atoms with Crippen molar-refractivity contribution in [2.75, 3.05) is 13.1 Å². The number of aliphatic carboxylic acids is 1.